The minimum Gasteiger partial charge on any atom is -0.482 e. The molecule has 0 bridgehead atoms. The number of carbonyl (C=O) groups is 2. The predicted octanol–water partition coefficient (Wildman–Crippen LogP) is 5.01. The Morgan fingerprint density at radius 3 is 2.29 bits per heavy atom. The summed E-state index contributed by atoms with van der Waals surface area (Å²) in [6.07, 6.45) is 2.96. The number of ether oxygens (including phenoxy) is 1. The van der Waals surface area contributed by atoms with Gasteiger partial charge < -0.3 is 9.84 Å². The van der Waals surface area contributed by atoms with Crippen molar-refractivity contribution < 1.29 is 19.4 Å². The smallest absolute Gasteiger partial charge is 0.341 e. The van der Waals surface area contributed by atoms with Gasteiger partial charge in [0.2, 0.25) is 0 Å². The first-order chi connectivity index (χ1) is 11.4. The van der Waals surface area contributed by atoms with Gasteiger partial charge in [-0.05, 0) is 35.9 Å². The Hall–Kier alpha value is -2.01. The number of allylic oxidation sites excluding steroid dienone is 1. The Morgan fingerprint density at radius 2 is 1.67 bits per heavy atom. The Labute approximate surface area is 153 Å². The summed E-state index contributed by atoms with van der Waals surface area (Å²) in [7, 11) is 0. The minimum atomic E-state index is -1.05. The number of carboxylic acid groups (broad SMARTS) is 1. The van der Waals surface area contributed by atoms with Crippen molar-refractivity contribution in [2.24, 2.45) is 0 Å². The minimum absolute atomic E-state index is 0.108. The molecule has 0 spiro atoms. The first-order valence-electron chi connectivity index (χ1n) is 6.69. The Balaban J connectivity index is 2.09. The number of hydrogen-bond donors (Lipinski definition) is 1. The highest BCUT2D eigenvalue weighted by Crippen LogP contribution is 2.33. The lowest BCUT2D eigenvalue weighted by atomic mass is 10.1. The van der Waals surface area contributed by atoms with Crippen LogP contribution in [0.4, 0.5) is 0 Å². The summed E-state index contributed by atoms with van der Waals surface area (Å²) >= 11 is 17.8. The van der Waals surface area contributed by atoms with Crippen LogP contribution in [-0.4, -0.2) is 23.5 Å². The third kappa shape index (κ3) is 4.74. The molecule has 0 unspecified atom stereocenters. The van der Waals surface area contributed by atoms with E-state index < -0.39 is 12.6 Å². The Bertz CT molecular complexity index is 798. The van der Waals surface area contributed by atoms with E-state index in [-0.39, 0.29) is 26.4 Å². The normalized spacial score (nSPS) is 10.8. The molecule has 0 heterocycles. The number of rotatable bonds is 6. The zero-order valence-corrected chi connectivity index (χ0v) is 14.4. The number of halogens is 3. The van der Waals surface area contributed by atoms with Crippen LogP contribution in [0.25, 0.3) is 6.08 Å². The van der Waals surface area contributed by atoms with Gasteiger partial charge >= 0.3 is 5.97 Å². The number of carboxylic acids is 1. The molecular formula is C17H11Cl3O4. The average molecular weight is 386 g/mol. The summed E-state index contributed by atoms with van der Waals surface area (Å²) < 4.78 is 5.02. The molecule has 0 fully saturated rings. The van der Waals surface area contributed by atoms with E-state index in [1.54, 1.807) is 30.3 Å². The monoisotopic (exact) mass is 384 g/mol. The van der Waals surface area contributed by atoms with E-state index in [0.29, 0.717) is 5.75 Å². The lowest BCUT2D eigenvalue weighted by Crippen LogP contribution is -2.09. The fourth-order valence-electron chi connectivity index (χ4n) is 1.80. The Kier molecular flexibility index (Phi) is 6.26. The molecule has 0 atom stereocenters. The number of ketones is 1. The molecule has 1 N–H and O–H groups in total. The molecular weight excluding hydrogens is 375 g/mol. The number of benzene rings is 2. The van der Waals surface area contributed by atoms with Gasteiger partial charge in [0.1, 0.15) is 5.75 Å². The van der Waals surface area contributed by atoms with Crippen LogP contribution in [0.2, 0.25) is 15.1 Å². The fourth-order valence-corrected chi connectivity index (χ4v) is 2.43. The van der Waals surface area contributed by atoms with Crippen molar-refractivity contribution >= 4 is 52.6 Å². The summed E-state index contributed by atoms with van der Waals surface area (Å²) in [6, 6.07) is 9.62. The summed E-state index contributed by atoms with van der Waals surface area (Å²) in [5, 5.41) is 9.06. The maximum Gasteiger partial charge on any atom is 0.341 e. The summed E-state index contributed by atoms with van der Waals surface area (Å²) in [5.41, 5.74) is 0.992. The maximum absolute atomic E-state index is 12.2. The SMILES string of the molecule is O=C(O)COc1ccc(/C=C/C(=O)c2ccc(Cl)c(Cl)c2Cl)cc1. The molecule has 0 saturated carbocycles. The molecule has 0 saturated heterocycles. The molecule has 4 nitrogen and oxygen atoms in total. The summed E-state index contributed by atoms with van der Waals surface area (Å²) in [4.78, 5) is 22.6. The predicted molar refractivity (Wildman–Crippen MR) is 94.4 cm³/mol. The Morgan fingerprint density at radius 1 is 1.00 bits per heavy atom. The molecule has 0 aliphatic heterocycles. The van der Waals surface area contributed by atoms with Gasteiger partial charge in [-0.15, -0.1) is 0 Å². The van der Waals surface area contributed by atoms with E-state index in [4.69, 9.17) is 44.6 Å². The molecule has 0 aliphatic carbocycles. The van der Waals surface area contributed by atoms with Gasteiger partial charge in [0, 0.05) is 5.56 Å². The highest BCUT2D eigenvalue weighted by atomic mass is 35.5. The second kappa shape index (κ2) is 8.20. The zero-order valence-electron chi connectivity index (χ0n) is 12.1. The van der Waals surface area contributed by atoms with Crippen LogP contribution in [0.15, 0.2) is 42.5 Å². The molecule has 0 radical (unpaired) electrons. The van der Waals surface area contributed by atoms with Crippen molar-refractivity contribution in [2.75, 3.05) is 6.61 Å². The zero-order chi connectivity index (χ0) is 17.7. The molecule has 124 valence electrons. The van der Waals surface area contributed by atoms with E-state index in [1.165, 1.54) is 18.2 Å². The van der Waals surface area contributed by atoms with Crippen LogP contribution in [0.3, 0.4) is 0 Å². The molecule has 0 aliphatic rings. The molecule has 2 aromatic carbocycles. The van der Waals surface area contributed by atoms with E-state index in [2.05, 4.69) is 0 Å². The van der Waals surface area contributed by atoms with E-state index in [0.717, 1.165) is 5.56 Å². The van der Waals surface area contributed by atoms with Crippen molar-refractivity contribution in [2.45, 2.75) is 0 Å². The lowest BCUT2D eigenvalue weighted by Gasteiger charge is -2.04. The highest BCUT2D eigenvalue weighted by Gasteiger charge is 2.13. The van der Waals surface area contributed by atoms with E-state index >= 15 is 0 Å². The first kappa shape index (κ1) is 18.3. The molecule has 0 amide bonds. The number of carbonyl (C=O) groups excluding carboxylic acids is 1. The first-order valence-corrected chi connectivity index (χ1v) is 7.82. The van der Waals surface area contributed by atoms with Crippen molar-refractivity contribution in [1.82, 2.24) is 0 Å². The van der Waals surface area contributed by atoms with Crippen LogP contribution >= 0.6 is 34.8 Å². The van der Waals surface area contributed by atoms with Crippen LogP contribution in [-0.2, 0) is 4.79 Å². The van der Waals surface area contributed by atoms with E-state index in [1.807, 2.05) is 0 Å². The summed E-state index contributed by atoms with van der Waals surface area (Å²) in [6.45, 7) is -0.413. The molecule has 7 heteroatoms. The summed E-state index contributed by atoms with van der Waals surface area (Å²) in [5.74, 6) is -0.943. The number of hydrogen-bond acceptors (Lipinski definition) is 3. The van der Waals surface area contributed by atoms with Gasteiger partial charge in [-0.1, -0.05) is 53.0 Å². The topological polar surface area (TPSA) is 63.6 Å². The highest BCUT2D eigenvalue weighted by molar-refractivity contribution is 6.49. The second-order valence-corrected chi connectivity index (χ2v) is 5.84. The van der Waals surface area contributed by atoms with Gasteiger partial charge in [0.15, 0.2) is 12.4 Å². The van der Waals surface area contributed by atoms with Crippen molar-refractivity contribution in [3.05, 3.63) is 68.7 Å². The van der Waals surface area contributed by atoms with Crippen LogP contribution in [0.1, 0.15) is 15.9 Å². The van der Waals surface area contributed by atoms with Gasteiger partial charge in [-0.3, -0.25) is 4.79 Å². The molecule has 24 heavy (non-hydrogen) atoms. The number of aliphatic carboxylic acids is 1. The van der Waals surface area contributed by atoms with Crippen LogP contribution in [0.5, 0.6) is 5.75 Å². The molecule has 2 aromatic rings. The van der Waals surface area contributed by atoms with Crippen LogP contribution in [0, 0.1) is 0 Å². The maximum atomic E-state index is 12.2. The quantitative estimate of drug-likeness (QED) is 0.431. The van der Waals surface area contributed by atoms with Gasteiger partial charge in [0.05, 0.1) is 15.1 Å². The van der Waals surface area contributed by atoms with Gasteiger partial charge in [-0.25, -0.2) is 4.79 Å². The fraction of sp³-hybridized carbons (Fsp3) is 0.0588. The average Bonchev–Trinajstić information content (AvgIpc) is 2.56. The third-order valence-electron chi connectivity index (χ3n) is 2.97. The van der Waals surface area contributed by atoms with Crippen molar-refractivity contribution in [3.8, 4) is 5.75 Å². The third-order valence-corrected chi connectivity index (χ3v) is 4.26. The largest absolute Gasteiger partial charge is 0.482 e. The van der Waals surface area contributed by atoms with Crippen LogP contribution < -0.4 is 4.74 Å². The molecule has 0 aromatic heterocycles. The van der Waals surface area contributed by atoms with Gasteiger partial charge in [0.25, 0.3) is 0 Å². The van der Waals surface area contributed by atoms with Crippen molar-refractivity contribution in [3.63, 3.8) is 0 Å². The molecule has 2 rings (SSSR count). The van der Waals surface area contributed by atoms with Crippen molar-refractivity contribution in [1.29, 1.82) is 0 Å². The van der Waals surface area contributed by atoms with Gasteiger partial charge in [-0.2, -0.15) is 0 Å². The van der Waals surface area contributed by atoms with E-state index in [9.17, 15) is 9.59 Å². The standard InChI is InChI=1S/C17H11Cl3O4/c18-13-7-6-12(16(19)17(13)20)14(21)8-3-10-1-4-11(5-2-10)24-9-15(22)23/h1-8H,9H2,(H,22,23)/b8-3+. The lowest BCUT2D eigenvalue weighted by molar-refractivity contribution is -0.139. The second-order valence-electron chi connectivity index (χ2n) is 4.67.